The minimum Gasteiger partial charge on any atom is -0.349 e. The predicted octanol–water partition coefficient (Wildman–Crippen LogP) is 1.73. The highest BCUT2D eigenvalue weighted by Gasteiger charge is 2.27. The Labute approximate surface area is 150 Å². The summed E-state index contributed by atoms with van der Waals surface area (Å²) in [7, 11) is -2.10. The highest BCUT2D eigenvalue weighted by atomic mass is 32.2. The van der Waals surface area contributed by atoms with Crippen LogP contribution in [0.3, 0.4) is 0 Å². The van der Waals surface area contributed by atoms with Gasteiger partial charge in [0.2, 0.25) is 10.0 Å². The van der Waals surface area contributed by atoms with Gasteiger partial charge in [-0.25, -0.2) is 13.1 Å². The number of nitrogens with one attached hydrogen (secondary N) is 2. The molecular weight excluding hydrogens is 338 g/mol. The average molecular weight is 365 g/mol. The second-order valence-corrected chi connectivity index (χ2v) is 8.84. The van der Waals surface area contributed by atoms with E-state index in [1.807, 2.05) is 0 Å². The number of sulfonamides is 1. The third kappa shape index (κ3) is 4.40. The van der Waals surface area contributed by atoms with E-state index in [-0.39, 0.29) is 16.8 Å². The lowest BCUT2D eigenvalue weighted by Crippen LogP contribution is -2.47. The van der Waals surface area contributed by atoms with Crippen molar-refractivity contribution in [1.82, 2.24) is 14.9 Å². The monoisotopic (exact) mass is 365 g/mol. The maximum absolute atomic E-state index is 12.4. The molecule has 1 saturated heterocycles. The van der Waals surface area contributed by atoms with Crippen molar-refractivity contribution < 1.29 is 13.2 Å². The number of hydrogen-bond donors (Lipinski definition) is 2. The number of benzene rings is 1. The molecule has 0 bridgehead atoms. The summed E-state index contributed by atoms with van der Waals surface area (Å²) < 4.78 is 25.7. The van der Waals surface area contributed by atoms with Crippen LogP contribution in [0.2, 0.25) is 0 Å². The van der Waals surface area contributed by atoms with Crippen LogP contribution in [0.1, 0.15) is 48.9 Å². The third-order valence-corrected chi connectivity index (χ3v) is 6.83. The summed E-state index contributed by atoms with van der Waals surface area (Å²) in [5.74, 6) is -0.132. The number of likely N-dealkylation sites (tertiary alicyclic amines) is 1. The smallest absolute Gasteiger partial charge is 0.251 e. The minimum absolute atomic E-state index is 0.132. The van der Waals surface area contributed by atoms with Crippen molar-refractivity contribution in [3.8, 4) is 0 Å². The van der Waals surface area contributed by atoms with Gasteiger partial charge in [0, 0.05) is 30.7 Å². The fourth-order valence-electron chi connectivity index (χ4n) is 3.85. The van der Waals surface area contributed by atoms with Crippen LogP contribution >= 0.6 is 0 Å². The van der Waals surface area contributed by atoms with Gasteiger partial charge in [0.25, 0.3) is 5.91 Å². The quantitative estimate of drug-likeness (QED) is 0.833. The van der Waals surface area contributed by atoms with E-state index >= 15 is 0 Å². The van der Waals surface area contributed by atoms with Gasteiger partial charge in [0.1, 0.15) is 0 Å². The van der Waals surface area contributed by atoms with Crippen LogP contribution in [0.5, 0.6) is 0 Å². The van der Waals surface area contributed by atoms with Crippen molar-refractivity contribution in [3.63, 3.8) is 0 Å². The number of amides is 1. The van der Waals surface area contributed by atoms with Crippen molar-refractivity contribution in [3.05, 3.63) is 29.8 Å². The predicted molar refractivity (Wildman–Crippen MR) is 97.0 cm³/mol. The molecule has 138 valence electrons. The van der Waals surface area contributed by atoms with Crippen LogP contribution in [0.25, 0.3) is 0 Å². The maximum Gasteiger partial charge on any atom is 0.251 e. The summed E-state index contributed by atoms with van der Waals surface area (Å²) in [5, 5.41) is 3.09. The number of nitrogens with zero attached hydrogens (tertiary/aromatic N) is 1. The second-order valence-electron chi connectivity index (χ2n) is 6.95. The molecular formula is C18H27N3O3S. The molecule has 1 heterocycles. The molecule has 2 fully saturated rings. The molecule has 2 aliphatic rings. The fourth-order valence-corrected chi connectivity index (χ4v) is 4.58. The lowest BCUT2D eigenvalue weighted by molar-refractivity contribution is 0.0892. The summed E-state index contributed by atoms with van der Waals surface area (Å²) in [6.45, 7) is 2.10. The van der Waals surface area contributed by atoms with Gasteiger partial charge in [-0.15, -0.1) is 0 Å². The Kier molecular flexibility index (Phi) is 5.76. The SMILES string of the molecule is CNS(=O)(=O)c1ccc(C(=O)NC2CCN(C3CCCC3)CC2)cc1. The van der Waals surface area contributed by atoms with Crippen LogP contribution in [0, 0.1) is 0 Å². The zero-order chi connectivity index (χ0) is 17.9. The van der Waals surface area contributed by atoms with Gasteiger partial charge in [-0.3, -0.25) is 4.79 Å². The van der Waals surface area contributed by atoms with Crippen molar-refractivity contribution in [2.24, 2.45) is 0 Å². The van der Waals surface area contributed by atoms with Crippen LogP contribution in [0.4, 0.5) is 0 Å². The highest BCUT2D eigenvalue weighted by Crippen LogP contribution is 2.26. The number of rotatable bonds is 5. The topological polar surface area (TPSA) is 78.5 Å². The van der Waals surface area contributed by atoms with E-state index in [4.69, 9.17) is 0 Å². The fraction of sp³-hybridized carbons (Fsp3) is 0.611. The van der Waals surface area contributed by atoms with Crippen molar-refractivity contribution in [2.75, 3.05) is 20.1 Å². The lowest BCUT2D eigenvalue weighted by atomic mass is 10.0. The molecule has 6 nitrogen and oxygen atoms in total. The third-order valence-electron chi connectivity index (χ3n) is 5.40. The molecule has 1 aliphatic heterocycles. The van der Waals surface area contributed by atoms with Crippen LogP contribution < -0.4 is 10.0 Å². The largest absolute Gasteiger partial charge is 0.349 e. The summed E-state index contributed by atoms with van der Waals surface area (Å²) in [6.07, 6.45) is 7.29. The Morgan fingerprint density at radius 2 is 1.64 bits per heavy atom. The average Bonchev–Trinajstić information content (AvgIpc) is 3.17. The zero-order valence-corrected chi connectivity index (χ0v) is 15.5. The second kappa shape index (κ2) is 7.85. The number of hydrogen-bond acceptors (Lipinski definition) is 4. The zero-order valence-electron chi connectivity index (χ0n) is 14.7. The molecule has 1 amide bonds. The summed E-state index contributed by atoms with van der Waals surface area (Å²) in [4.78, 5) is 15.1. The van der Waals surface area contributed by atoms with E-state index < -0.39 is 10.0 Å². The van der Waals surface area contributed by atoms with Gasteiger partial charge < -0.3 is 10.2 Å². The molecule has 7 heteroatoms. The Balaban J connectivity index is 1.52. The number of piperidine rings is 1. The van der Waals surface area contributed by atoms with E-state index in [9.17, 15) is 13.2 Å². The van der Waals surface area contributed by atoms with Crippen LogP contribution in [-0.2, 0) is 10.0 Å². The molecule has 0 unspecified atom stereocenters. The molecule has 3 rings (SSSR count). The molecule has 1 aromatic carbocycles. The first-order chi connectivity index (χ1) is 12.0. The van der Waals surface area contributed by atoms with E-state index in [1.165, 1.54) is 44.9 Å². The number of carbonyl (C=O) groups excluding carboxylic acids is 1. The highest BCUT2D eigenvalue weighted by molar-refractivity contribution is 7.89. The number of carbonyl (C=O) groups is 1. The molecule has 2 N–H and O–H groups in total. The lowest BCUT2D eigenvalue weighted by Gasteiger charge is -2.36. The Bertz CT molecular complexity index is 689. The molecule has 1 aliphatic carbocycles. The first-order valence-corrected chi connectivity index (χ1v) is 10.6. The van der Waals surface area contributed by atoms with E-state index in [0.717, 1.165) is 32.0 Å². The van der Waals surface area contributed by atoms with Crippen LogP contribution in [0.15, 0.2) is 29.2 Å². The molecule has 0 aromatic heterocycles. The normalized spacial score (nSPS) is 20.7. The molecule has 1 saturated carbocycles. The van der Waals surface area contributed by atoms with Gasteiger partial charge in [0.05, 0.1) is 4.90 Å². The summed E-state index contributed by atoms with van der Waals surface area (Å²) in [6, 6.07) is 7.00. The first kappa shape index (κ1) is 18.4. The van der Waals surface area contributed by atoms with Gasteiger partial charge in [-0.05, 0) is 57.0 Å². The van der Waals surface area contributed by atoms with Crippen molar-refractivity contribution in [1.29, 1.82) is 0 Å². The van der Waals surface area contributed by atoms with E-state index in [2.05, 4.69) is 14.9 Å². The summed E-state index contributed by atoms with van der Waals surface area (Å²) >= 11 is 0. The van der Waals surface area contributed by atoms with Gasteiger partial charge in [-0.1, -0.05) is 12.8 Å². The molecule has 0 atom stereocenters. The van der Waals surface area contributed by atoms with Crippen LogP contribution in [-0.4, -0.2) is 51.4 Å². The Hall–Kier alpha value is -1.44. The molecule has 1 aromatic rings. The van der Waals surface area contributed by atoms with Crippen molar-refractivity contribution >= 4 is 15.9 Å². The van der Waals surface area contributed by atoms with Gasteiger partial charge >= 0.3 is 0 Å². The summed E-state index contributed by atoms with van der Waals surface area (Å²) in [5.41, 5.74) is 0.494. The van der Waals surface area contributed by atoms with E-state index in [0.29, 0.717) is 5.56 Å². The Morgan fingerprint density at radius 3 is 2.20 bits per heavy atom. The van der Waals surface area contributed by atoms with Gasteiger partial charge in [-0.2, -0.15) is 0 Å². The van der Waals surface area contributed by atoms with E-state index in [1.54, 1.807) is 12.1 Å². The minimum atomic E-state index is -3.47. The maximum atomic E-state index is 12.4. The van der Waals surface area contributed by atoms with Crippen molar-refractivity contribution in [2.45, 2.75) is 55.5 Å². The van der Waals surface area contributed by atoms with Gasteiger partial charge in [0.15, 0.2) is 0 Å². The molecule has 0 spiro atoms. The Morgan fingerprint density at radius 1 is 1.04 bits per heavy atom. The first-order valence-electron chi connectivity index (χ1n) is 9.08. The molecule has 25 heavy (non-hydrogen) atoms. The molecule has 0 radical (unpaired) electrons. The standard InChI is InChI=1S/C18H27N3O3S/c1-19-25(23,24)17-8-6-14(7-9-17)18(22)20-15-10-12-21(13-11-15)16-4-2-3-5-16/h6-9,15-16,19H,2-5,10-13H2,1H3,(H,20,22).